The van der Waals surface area contributed by atoms with Crippen LogP contribution in [0.15, 0.2) is 34.8 Å². The second kappa shape index (κ2) is 5.73. The number of anilines is 1. The smallest absolute Gasteiger partial charge is 0.231 e. The minimum Gasteiger partial charge on any atom is -0.503 e. The molecule has 0 spiro atoms. The van der Waals surface area contributed by atoms with E-state index in [0.717, 1.165) is 22.7 Å². The normalized spacial score (nSPS) is 12.3. The van der Waals surface area contributed by atoms with E-state index in [-0.39, 0.29) is 12.5 Å². The maximum atomic E-state index is 9.79. The van der Waals surface area contributed by atoms with Crippen LogP contribution in [-0.4, -0.2) is 19.0 Å². The van der Waals surface area contributed by atoms with E-state index in [1.807, 2.05) is 24.3 Å². The largest absolute Gasteiger partial charge is 0.503 e. The second-order valence-corrected chi connectivity index (χ2v) is 5.40. The van der Waals surface area contributed by atoms with Crippen molar-refractivity contribution in [3.8, 4) is 23.0 Å². The van der Waals surface area contributed by atoms with Crippen LogP contribution in [0.2, 0.25) is 0 Å². The van der Waals surface area contributed by atoms with E-state index in [9.17, 15) is 5.11 Å². The van der Waals surface area contributed by atoms with Crippen LogP contribution in [0.25, 0.3) is 0 Å². The van der Waals surface area contributed by atoms with E-state index in [1.54, 1.807) is 6.07 Å². The first-order valence-electron chi connectivity index (χ1n) is 6.36. The number of halogens is 1. The Hall–Kier alpha value is -2.08. The van der Waals surface area contributed by atoms with Crippen LogP contribution in [0.5, 0.6) is 23.0 Å². The van der Waals surface area contributed by atoms with Gasteiger partial charge in [-0.05, 0) is 45.8 Å². The molecule has 0 unspecified atom stereocenters. The molecule has 5 nitrogen and oxygen atoms in total. The van der Waals surface area contributed by atoms with Crippen LogP contribution >= 0.6 is 15.9 Å². The zero-order valence-corrected chi connectivity index (χ0v) is 12.9. The molecule has 0 radical (unpaired) electrons. The number of aromatic hydroxyl groups is 1. The van der Waals surface area contributed by atoms with Crippen molar-refractivity contribution in [1.29, 1.82) is 0 Å². The number of phenols is 1. The number of rotatable bonds is 4. The summed E-state index contributed by atoms with van der Waals surface area (Å²) in [4.78, 5) is 0. The van der Waals surface area contributed by atoms with Gasteiger partial charge in [-0.1, -0.05) is 0 Å². The Kier molecular flexibility index (Phi) is 3.79. The Morgan fingerprint density at radius 1 is 1.24 bits per heavy atom. The molecule has 0 amide bonds. The molecule has 1 aliphatic rings. The number of hydrogen-bond acceptors (Lipinski definition) is 5. The predicted molar refractivity (Wildman–Crippen MR) is 82.3 cm³/mol. The third-order valence-electron chi connectivity index (χ3n) is 3.18. The summed E-state index contributed by atoms with van der Waals surface area (Å²) in [7, 11) is 1.52. The van der Waals surface area contributed by atoms with Crippen molar-refractivity contribution >= 4 is 21.6 Å². The van der Waals surface area contributed by atoms with Crippen molar-refractivity contribution in [3.05, 3.63) is 40.4 Å². The molecule has 0 aromatic heterocycles. The van der Waals surface area contributed by atoms with E-state index < -0.39 is 0 Å². The maximum absolute atomic E-state index is 9.79. The van der Waals surface area contributed by atoms with Crippen molar-refractivity contribution in [2.45, 2.75) is 6.54 Å². The molecule has 0 saturated carbocycles. The summed E-state index contributed by atoms with van der Waals surface area (Å²) < 4.78 is 16.4. The number of methoxy groups -OCH3 is 1. The number of phenolic OH excluding ortho intramolecular Hbond substituents is 1. The van der Waals surface area contributed by atoms with Crippen molar-refractivity contribution in [2.24, 2.45) is 0 Å². The standard InChI is InChI=1S/C15H14BrNO4/c1-19-14-5-9(4-11(16)15(14)18)7-17-10-2-3-12-13(6-10)21-8-20-12/h2-6,17-18H,7-8H2,1H3. The minimum absolute atomic E-state index is 0.101. The summed E-state index contributed by atoms with van der Waals surface area (Å²) in [5, 5.41) is 13.1. The van der Waals surface area contributed by atoms with Crippen LogP contribution in [0.3, 0.4) is 0 Å². The Morgan fingerprint density at radius 2 is 2.05 bits per heavy atom. The summed E-state index contributed by atoms with van der Waals surface area (Å²) in [6.45, 7) is 0.857. The molecule has 2 aromatic carbocycles. The van der Waals surface area contributed by atoms with Crippen molar-refractivity contribution in [3.63, 3.8) is 0 Å². The monoisotopic (exact) mass is 351 g/mol. The lowest BCUT2D eigenvalue weighted by Gasteiger charge is -2.11. The first-order valence-corrected chi connectivity index (χ1v) is 7.15. The quantitative estimate of drug-likeness (QED) is 0.882. The number of fused-ring (bicyclic) bond motifs is 1. The third-order valence-corrected chi connectivity index (χ3v) is 3.78. The Balaban J connectivity index is 1.74. The Bertz CT molecular complexity index is 675. The lowest BCUT2D eigenvalue weighted by atomic mass is 10.2. The van der Waals surface area contributed by atoms with Gasteiger partial charge in [-0.2, -0.15) is 0 Å². The molecule has 110 valence electrons. The van der Waals surface area contributed by atoms with E-state index >= 15 is 0 Å². The summed E-state index contributed by atoms with van der Waals surface area (Å²) in [6.07, 6.45) is 0. The molecule has 0 fully saturated rings. The molecular formula is C15H14BrNO4. The molecule has 2 aromatic rings. The molecule has 21 heavy (non-hydrogen) atoms. The molecule has 0 atom stereocenters. The molecule has 0 bridgehead atoms. The average molecular weight is 352 g/mol. The number of ether oxygens (including phenoxy) is 3. The summed E-state index contributed by atoms with van der Waals surface area (Å²) in [5.74, 6) is 2.04. The average Bonchev–Trinajstić information content (AvgIpc) is 2.95. The van der Waals surface area contributed by atoms with Crippen LogP contribution in [0, 0.1) is 0 Å². The van der Waals surface area contributed by atoms with E-state index in [2.05, 4.69) is 21.2 Å². The van der Waals surface area contributed by atoms with Gasteiger partial charge in [-0.15, -0.1) is 0 Å². The fraction of sp³-hybridized carbons (Fsp3) is 0.200. The minimum atomic E-state index is 0.101. The van der Waals surface area contributed by atoms with Crippen LogP contribution in [0.1, 0.15) is 5.56 Å². The fourth-order valence-electron chi connectivity index (χ4n) is 2.10. The zero-order valence-electron chi connectivity index (χ0n) is 11.4. The summed E-state index contributed by atoms with van der Waals surface area (Å²) >= 11 is 3.31. The lowest BCUT2D eigenvalue weighted by Crippen LogP contribution is -2.00. The lowest BCUT2D eigenvalue weighted by molar-refractivity contribution is 0.174. The molecule has 0 saturated heterocycles. The van der Waals surface area contributed by atoms with E-state index in [4.69, 9.17) is 14.2 Å². The predicted octanol–water partition coefficient (Wildman–Crippen LogP) is 3.50. The van der Waals surface area contributed by atoms with Gasteiger partial charge >= 0.3 is 0 Å². The van der Waals surface area contributed by atoms with Crippen molar-refractivity contribution in [1.82, 2.24) is 0 Å². The Morgan fingerprint density at radius 3 is 2.86 bits per heavy atom. The molecule has 1 heterocycles. The van der Waals surface area contributed by atoms with Gasteiger partial charge in [-0.25, -0.2) is 0 Å². The summed E-state index contributed by atoms with van der Waals surface area (Å²) in [5.41, 5.74) is 1.91. The molecule has 0 aliphatic carbocycles. The van der Waals surface area contributed by atoms with Gasteiger partial charge in [0.1, 0.15) is 0 Å². The van der Waals surface area contributed by atoms with E-state index in [0.29, 0.717) is 16.8 Å². The van der Waals surface area contributed by atoms with E-state index in [1.165, 1.54) is 7.11 Å². The van der Waals surface area contributed by atoms with Gasteiger partial charge in [-0.3, -0.25) is 0 Å². The summed E-state index contributed by atoms with van der Waals surface area (Å²) in [6, 6.07) is 9.34. The van der Waals surface area contributed by atoms with Crippen molar-refractivity contribution < 1.29 is 19.3 Å². The van der Waals surface area contributed by atoms with Gasteiger partial charge in [0.15, 0.2) is 23.0 Å². The molecular weight excluding hydrogens is 338 g/mol. The van der Waals surface area contributed by atoms with Crippen LogP contribution in [0.4, 0.5) is 5.69 Å². The van der Waals surface area contributed by atoms with Gasteiger partial charge in [0, 0.05) is 18.3 Å². The van der Waals surface area contributed by atoms with Gasteiger partial charge in [0.25, 0.3) is 0 Å². The van der Waals surface area contributed by atoms with Gasteiger partial charge in [0.05, 0.1) is 11.6 Å². The van der Waals surface area contributed by atoms with Crippen molar-refractivity contribution in [2.75, 3.05) is 19.2 Å². The molecule has 2 N–H and O–H groups in total. The highest BCUT2D eigenvalue weighted by Crippen LogP contribution is 2.36. The van der Waals surface area contributed by atoms with Gasteiger partial charge < -0.3 is 24.6 Å². The van der Waals surface area contributed by atoms with Gasteiger partial charge in [0.2, 0.25) is 6.79 Å². The van der Waals surface area contributed by atoms with Crippen LogP contribution in [-0.2, 0) is 6.54 Å². The third kappa shape index (κ3) is 2.85. The topological polar surface area (TPSA) is 60.0 Å². The fourth-order valence-corrected chi connectivity index (χ4v) is 2.58. The molecule has 1 aliphatic heterocycles. The number of benzene rings is 2. The molecule has 6 heteroatoms. The highest BCUT2D eigenvalue weighted by Gasteiger charge is 2.13. The second-order valence-electron chi connectivity index (χ2n) is 4.55. The number of nitrogens with one attached hydrogen (secondary N) is 1. The zero-order chi connectivity index (χ0) is 14.8. The van der Waals surface area contributed by atoms with Crippen LogP contribution < -0.4 is 19.5 Å². The first kappa shape index (κ1) is 13.9. The first-order chi connectivity index (χ1) is 10.2. The SMILES string of the molecule is COc1cc(CNc2ccc3c(c2)OCO3)cc(Br)c1O. The highest BCUT2D eigenvalue weighted by molar-refractivity contribution is 9.10. The molecule has 3 rings (SSSR count). The maximum Gasteiger partial charge on any atom is 0.231 e. The Labute approximate surface area is 130 Å². The highest BCUT2D eigenvalue weighted by atomic mass is 79.9. The number of hydrogen-bond donors (Lipinski definition) is 2.